The molecule has 0 bridgehead atoms. The SMILES string of the molecule is Nc1ncccc1C1NCCc2ccccc21. The Hall–Kier alpha value is -1.87. The Morgan fingerprint density at radius 3 is 2.82 bits per heavy atom. The van der Waals surface area contributed by atoms with E-state index >= 15 is 0 Å². The third-order valence-corrected chi connectivity index (χ3v) is 3.29. The van der Waals surface area contributed by atoms with Crippen molar-refractivity contribution in [3.05, 3.63) is 59.3 Å². The Morgan fingerprint density at radius 2 is 1.94 bits per heavy atom. The first-order valence-electron chi connectivity index (χ1n) is 5.88. The van der Waals surface area contributed by atoms with Crippen molar-refractivity contribution >= 4 is 5.82 Å². The van der Waals surface area contributed by atoms with E-state index in [1.807, 2.05) is 12.1 Å². The van der Waals surface area contributed by atoms with E-state index in [1.54, 1.807) is 6.20 Å². The monoisotopic (exact) mass is 225 g/mol. The number of aromatic nitrogens is 1. The first-order chi connectivity index (χ1) is 8.36. The molecule has 0 fully saturated rings. The summed E-state index contributed by atoms with van der Waals surface area (Å²) in [6.07, 6.45) is 2.81. The van der Waals surface area contributed by atoms with Crippen molar-refractivity contribution < 1.29 is 0 Å². The molecule has 0 amide bonds. The lowest BCUT2D eigenvalue weighted by Crippen LogP contribution is -2.31. The van der Waals surface area contributed by atoms with Crippen LogP contribution in [0.5, 0.6) is 0 Å². The van der Waals surface area contributed by atoms with E-state index in [0.29, 0.717) is 5.82 Å². The molecule has 2 aromatic rings. The van der Waals surface area contributed by atoms with Crippen LogP contribution in [0.3, 0.4) is 0 Å². The third-order valence-electron chi connectivity index (χ3n) is 3.29. The Morgan fingerprint density at radius 1 is 1.12 bits per heavy atom. The largest absolute Gasteiger partial charge is 0.383 e. The molecule has 0 radical (unpaired) electrons. The Kier molecular flexibility index (Phi) is 2.53. The predicted molar refractivity (Wildman–Crippen MR) is 68.6 cm³/mol. The molecule has 1 aromatic carbocycles. The standard InChI is InChI=1S/C14H15N3/c15-14-12(6-3-8-17-14)13-11-5-2-1-4-10(11)7-9-16-13/h1-6,8,13,16H,7,9H2,(H2,15,17). The van der Waals surface area contributed by atoms with Crippen molar-refractivity contribution in [2.24, 2.45) is 0 Å². The van der Waals surface area contributed by atoms with Gasteiger partial charge in [-0.05, 0) is 23.6 Å². The fourth-order valence-electron chi connectivity index (χ4n) is 2.46. The van der Waals surface area contributed by atoms with Crippen molar-refractivity contribution in [3.8, 4) is 0 Å². The molecular formula is C14H15N3. The molecule has 0 saturated carbocycles. The summed E-state index contributed by atoms with van der Waals surface area (Å²) in [4.78, 5) is 4.17. The number of anilines is 1. The number of nitrogen functional groups attached to an aromatic ring is 1. The van der Waals surface area contributed by atoms with Crippen LogP contribution in [-0.2, 0) is 6.42 Å². The zero-order chi connectivity index (χ0) is 11.7. The Bertz CT molecular complexity index is 536. The number of rotatable bonds is 1. The number of fused-ring (bicyclic) bond motifs is 1. The second kappa shape index (κ2) is 4.18. The lowest BCUT2D eigenvalue weighted by molar-refractivity contribution is 0.568. The normalized spacial score (nSPS) is 18.7. The zero-order valence-corrected chi connectivity index (χ0v) is 9.56. The van der Waals surface area contributed by atoms with Crippen molar-refractivity contribution in [2.45, 2.75) is 12.5 Å². The molecule has 3 rings (SSSR count). The molecule has 86 valence electrons. The van der Waals surface area contributed by atoms with Gasteiger partial charge in [-0.25, -0.2) is 4.98 Å². The number of pyridine rings is 1. The van der Waals surface area contributed by atoms with Crippen LogP contribution in [0, 0.1) is 0 Å². The highest BCUT2D eigenvalue weighted by atomic mass is 14.9. The van der Waals surface area contributed by atoms with Crippen molar-refractivity contribution in [2.75, 3.05) is 12.3 Å². The van der Waals surface area contributed by atoms with Crippen LogP contribution in [0.15, 0.2) is 42.6 Å². The molecule has 0 saturated heterocycles. The maximum atomic E-state index is 5.96. The van der Waals surface area contributed by atoms with Gasteiger partial charge in [0.05, 0.1) is 6.04 Å². The minimum atomic E-state index is 0.175. The van der Waals surface area contributed by atoms with E-state index in [4.69, 9.17) is 5.73 Å². The fraction of sp³-hybridized carbons (Fsp3) is 0.214. The van der Waals surface area contributed by atoms with Gasteiger partial charge >= 0.3 is 0 Å². The number of nitrogens with one attached hydrogen (secondary N) is 1. The smallest absolute Gasteiger partial charge is 0.128 e. The van der Waals surface area contributed by atoms with Gasteiger partial charge in [-0.1, -0.05) is 30.3 Å². The number of hydrogen-bond acceptors (Lipinski definition) is 3. The summed E-state index contributed by atoms with van der Waals surface area (Å²) in [5.74, 6) is 0.613. The summed E-state index contributed by atoms with van der Waals surface area (Å²) in [5, 5.41) is 3.51. The van der Waals surface area contributed by atoms with E-state index < -0.39 is 0 Å². The molecule has 0 aliphatic carbocycles. The van der Waals surface area contributed by atoms with Gasteiger partial charge in [-0.2, -0.15) is 0 Å². The van der Waals surface area contributed by atoms with Crippen LogP contribution in [0.4, 0.5) is 5.82 Å². The highest BCUT2D eigenvalue weighted by Gasteiger charge is 2.22. The molecule has 17 heavy (non-hydrogen) atoms. The van der Waals surface area contributed by atoms with Crippen molar-refractivity contribution in [1.29, 1.82) is 0 Å². The van der Waals surface area contributed by atoms with Gasteiger partial charge in [0.25, 0.3) is 0 Å². The molecule has 3 heteroatoms. The van der Waals surface area contributed by atoms with Gasteiger partial charge < -0.3 is 11.1 Å². The molecule has 1 aliphatic heterocycles. The van der Waals surface area contributed by atoms with Gasteiger partial charge in [-0.3, -0.25) is 0 Å². The minimum absolute atomic E-state index is 0.175. The number of hydrogen-bond donors (Lipinski definition) is 2. The first kappa shape index (κ1) is 10.3. The Balaban J connectivity index is 2.09. The minimum Gasteiger partial charge on any atom is -0.383 e. The van der Waals surface area contributed by atoms with Gasteiger partial charge in [0, 0.05) is 18.3 Å². The van der Waals surface area contributed by atoms with Crippen LogP contribution in [0.1, 0.15) is 22.7 Å². The summed E-state index contributed by atoms with van der Waals surface area (Å²) < 4.78 is 0. The summed E-state index contributed by atoms with van der Waals surface area (Å²) in [6.45, 7) is 0.982. The summed E-state index contributed by atoms with van der Waals surface area (Å²) >= 11 is 0. The molecular weight excluding hydrogens is 210 g/mol. The molecule has 0 spiro atoms. The zero-order valence-electron chi connectivity index (χ0n) is 9.56. The van der Waals surface area contributed by atoms with Crippen molar-refractivity contribution in [3.63, 3.8) is 0 Å². The fourth-order valence-corrected chi connectivity index (χ4v) is 2.46. The summed E-state index contributed by atoms with van der Waals surface area (Å²) in [5.41, 5.74) is 9.75. The van der Waals surface area contributed by atoms with Crippen LogP contribution >= 0.6 is 0 Å². The summed E-state index contributed by atoms with van der Waals surface area (Å²) in [6, 6.07) is 12.7. The van der Waals surface area contributed by atoms with E-state index in [0.717, 1.165) is 18.5 Å². The van der Waals surface area contributed by atoms with E-state index in [2.05, 4.69) is 34.6 Å². The second-order valence-corrected chi connectivity index (χ2v) is 4.31. The van der Waals surface area contributed by atoms with E-state index in [9.17, 15) is 0 Å². The molecule has 1 unspecified atom stereocenters. The number of benzene rings is 1. The molecule has 2 heterocycles. The van der Waals surface area contributed by atoms with E-state index in [1.165, 1.54) is 11.1 Å². The molecule has 1 atom stereocenters. The average molecular weight is 225 g/mol. The second-order valence-electron chi connectivity index (χ2n) is 4.31. The van der Waals surface area contributed by atoms with Crippen LogP contribution in [-0.4, -0.2) is 11.5 Å². The van der Waals surface area contributed by atoms with Gasteiger partial charge in [0.2, 0.25) is 0 Å². The van der Waals surface area contributed by atoms with Gasteiger partial charge in [0.15, 0.2) is 0 Å². The highest BCUT2D eigenvalue weighted by molar-refractivity contribution is 5.48. The molecule has 3 N–H and O–H groups in total. The van der Waals surface area contributed by atoms with E-state index in [-0.39, 0.29) is 6.04 Å². The molecule has 3 nitrogen and oxygen atoms in total. The average Bonchev–Trinajstić information content (AvgIpc) is 2.39. The Labute approximate surface area is 101 Å². The van der Waals surface area contributed by atoms with Crippen LogP contribution in [0.2, 0.25) is 0 Å². The molecule has 1 aliphatic rings. The number of nitrogens with zero attached hydrogens (tertiary/aromatic N) is 1. The first-order valence-corrected chi connectivity index (χ1v) is 5.88. The maximum Gasteiger partial charge on any atom is 0.128 e. The highest BCUT2D eigenvalue weighted by Crippen LogP contribution is 2.30. The number of nitrogens with two attached hydrogens (primary N) is 1. The quantitative estimate of drug-likeness (QED) is 0.779. The van der Waals surface area contributed by atoms with Crippen LogP contribution in [0.25, 0.3) is 0 Å². The van der Waals surface area contributed by atoms with Gasteiger partial charge in [0.1, 0.15) is 5.82 Å². The molecule has 1 aromatic heterocycles. The maximum absolute atomic E-state index is 5.96. The third kappa shape index (κ3) is 1.78. The van der Waals surface area contributed by atoms with Crippen molar-refractivity contribution in [1.82, 2.24) is 10.3 Å². The predicted octanol–water partition coefficient (Wildman–Crippen LogP) is 1.90. The summed E-state index contributed by atoms with van der Waals surface area (Å²) in [7, 11) is 0. The lowest BCUT2D eigenvalue weighted by Gasteiger charge is -2.27. The topological polar surface area (TPSA) is 50.9 Å². The van der Waals surface area contributed by atoms with Crippen LogP contribution < -0.4 is 11.1 Å². The van der Waals surface area contributed by atoms with Gasteiger partial charge in [-0.15, -0.1) is 0 Å². The lowest BCUT2D eigenvalue weighted by atomic mass is 9.90.